The molecule has 0 spiro atoms. The van der Waals surface area contributed by atoms with Crippen molar-refractivity contribution in [3.8, 4) is 5.75 Å². The van der Waals surface area contributed by atoms with Crippen molar-refractivity contribution in [3.05, 3.63) is 65.2 Å². The topological polar surface area (TPSA) is 55.6 Å². The number of hydrogen-bond donors (Lipinski definition) is 1. The molecule has 1 unspecified atom stereocenters. The molecule has 1 fully saturated rings. The van der Waals surface area contributed by atoms with Crippen LogP contribution in [0.4, 0.5) is 0 Å². The molecule has 126 valence electrons. The lowest BCUT2D eigenvalue weighted by atomic mass is 10.1. The highest BCUT2D eigenvalue weighted by atomic mass is 16.5. The summed E-state index contributed by atoms with van der Waals surface area (Å²) in [5, 5.41) is 0. The van der Waals surface area contributed by atoms with Crippen LogP contribution < -0.4 is 10.5 Å². The number of carbonyl (C=O) groups excluding carboxylic acids is 1. The van der Waals surface area contributed by atoms with E-state index in [-0.39, 0.29) is 11.9 Å². The zero-order valence-corrected chi connectivity index (χ0v) is 14.1. The number of nitrogens with zero attached hydrogens (tertiary/aromatic N) is 1. The molecular formula is C20H24N2O2. The van der Waals surface area contributed by atoms with Gasteiger partial charge in [-0.25, -0.2) is 0 Å². The van der Waals surface area contributed by atoms with Gasteiger partial charge >= 0.3 is 0 Å². The average Bonchev–Trinajstić information content (AvgIpc) is 2.60. The highest BCUT2D eigenvalue weighted by molar-refractivity contribution is 5.94. The van der Waals surface area contributed by atoms with Gasteiger partial charge in [0.1, 0.15) is 12.4 Å². The maximum absolute atomic E-state index is 12.6. The standard InChI is InChI=1S/C20H24N2O2/c1-15-5-2-6-16(11-15)14-24-19-9-3-7-17(12-19)20(23)22-10-4-8-18(21)13-22/h2-3,5-7,9,11-12,18H,4,8,10,13-14,21H2,1H3. The molecule has 1 heterocycles. The molecule has 0 bridgehead atoms. The Morgan fingerprint density at radius 3 is 2.88 bits per heavy atom. The van der Waals surface area contributed by atoms with Crippen LogP contribution in [0.15, 0.2) is 48.5 Å². The van der Waals surface area contributed by atoms with E-state index in [4.69, 9.17) is 10.5 Å². The summed E-state index contributed by atoms with van der Waals surface area (Å²) in [6.07, 6.45) is 1.96. The first kappa shape index (κ1) is 16.5. The number of rotatable bonds is 4. The summed E-state index contributed by atoms with van der Waals surface area (Å²) < 4.78 is 5.85. The summed E-state index contributed by atoms with van der Waals surface area (Å²) in [6.45, 7) is 3.97. The predicted octanol–water partition coefficient (Wildman–Crippen LogP) is 3.14. The lowest BCUT2D eigenvalue weighted by Crippen LogP contribution is -2.45. The summed E-state index contributed by atoms with van der Waals surface area (Å²) >= 11 is 0. The van der Waals surface area contributed by atoms with Crippen LogP contribution in [-0.2, 0) is 6.61 Å². The molecule has 0 aromatic heterocycles. The maximum atomic E-state index is 12.6. The second-order valence-corrected chi connectivity index (χ2v) is 6.46. The van der Waals surface area contributed by atoms with Crippen molar-refractivity contribution in [2.24, 2.45) is 5.73 Å². The Labute approximate surface area is 143 Å². The zero-order valence-electron chi connectivity index (χ0n) is 14.1. The van der Waals surface area contributed by atoms with Crippen LogP contribution in [0.2, 0.25) is 0 Å². The molecule has 4 heteroatoms. The molecule has 0 saturated carbocycles. The molecule has 2 aromatic rings. The normalized spacial score (nSPS) is 17.6. The number of carbonyl (C=O) groups is 1. The molecule has 0 aliphatic carbocycles. The summed E-state index contributed by atoms with van der Waals surface area (Å²) in [7, 11) is 0. The highest BCUT2D eigenvalue weighted by Crippen LogP contribution is 2.19. The van der Waals surface area contributed by atoms with Crippen LogP contribution in [-0.4, -0.2) is 29.9 Å². The van der Waals surface area contributed by atoms with Crippen LogP contribution in [0.5, 0.6) is 5.75 Å². The van der Waals surface area contributed by atoms with E-state index in [1.54, 1.807) is 0 Å². The van der Waals surface area contributed by atoms with Crippen molar-refractivity contribution in [1.82, 2.24) is 4.90 Å². The van der Waals surface area contributed by atoms with Gasteiger partial charge in [0.2, 0.25) is 0 Å². The van der Waals surface area contributed by atoms with Crippen LogP contribution in [0.3, 0.4) is 0 Å². The van der Waals surface area contributed by atoms with Crippen molar-refractivity contribution in [2.75, 3.05) is 13.1 Å². The molecule has 2 N–H and O–H groups in total. The Morgan fingerprint density at radius 2 is 2.08 bits per heavy atom. The molecule has 24 heavy (non-hydrogen) atoms. The third-order valence-electron chi connectivity index (χ3n) is 4.31. The van der Waals surface area contributed by atoms with Gasteiger partial charge in [-0.15, -0.1) is 0 Å². The summed E-state index contributed by atoms with van der Waals surface area (Å²) in [6, 6.07) is 15.7. The molecule has 3 rings (SSSR count). The van der Waals surface area contributed by atoms with Gasteiger partial charge in [0, 0.05) is 24.7 Å². The van der Waals surface area contributed by atoms with Gasteiger partial charge in [0.05, 0.1) is 0 Å². The number of nitrogens with two attached hydrogens (primary N) is 1. The Kier molecular flexibility index (Phi) is 5.16. The minimum absolute atomic E-state index is 0.0335. The predicted molar refractivity (Wildman–Crippen MR) is 95.1 cm³/mol. The lowest BCUT2D eigenvalue weighted by molar-refractivity contribution is 0.0708. The average molecular weight is 324 g/mol. The SMILES string of the molecule is Cc1cccc(COc2cccc(C(=O)N3CCCC(N)C3)c2)c1. The van der Waals surface area contributed by atoms with Gasteiger partial charge in [-0.2, -0.15) is 0 Å². The first-order valence-electron chi connectivity index (χ1n) is 8.45. The fourth-order valence-electron chi connectivity index (χ4n) is 3.06. The fourth-order valence-corrected chi connectivity index (χ4v) is 3.06. The van der Waals surface area contributed by atoms with E-state index in [9.17, 15) is 4.79 Å². The molecule has 0 radical (unpaired) electrons. The van der Waals surface area contributed by atoms with E-state index in [1.165, 1.54) is 5.56 Å². The minimum Gasteiger partial charge on any atom is -0.489 e. The number of hydrogen-bond acceptors (Lipinski definition) is 3. The maximum Gasteiger partial charge on any atom is 0.254 e. The van der Waals surface area contributed by atoms with Crippen LogP contribution in [0.1, 0.15) is 34.3 Å². The summed E-state index contributed by atoms with van der Waals surface area (Å²) in [5.41, 5.74) is 8.96. The van der Waals surface area contributed by atoms with E-state index >= 15 is 0 Å². The Morgan fingerprint density at radius 1 is 1.25 bits per heavy atom. The molecule has 4 nitrogen and oxygen atoms in total. The second-order valence-electron chi connectivity index (χ2n) is 6.46. The van der Waals surface area contributed by atoms with Gasteiger partial charge < -0.3 is 15.4 Å². The quantitative estimate of drug-likeness (QED) is 0.940. The molecule has 2 aromatic carbocycles. The van der Waals surface area contributed by atoms with Gasteiger partial charge in [-0.1, -0.05) is 35.9 Å². The van der Waals surface area contributed by atoms with Gasteiger partial charge in [0.15, 0.2) is 0 Å². The van der Waals surface area contributed by atoms with Crippen molar-refractivity contribution >= 4 is 5.91 Å². The van der Waals surface area contributed by atoms with Gasteiger partial charge in [-0.3, -0.25) is 4.79 Å². The van der Waals surface area contributed by atoms with Crippen molar-refractivity contribution in [3.63, 3.8) is 0 Å². The smallest absolute Gasteiger partial charge is 0.254 e. The zero-order chi connectivity index (χ0) is 16.9. The number of ether oxygens (including phenoxy) is 1. The summed E-state index contributed by atoms with van der Waals surface area (Å²) in [4.78, 5) is 14.5. The number of piperidine rings is 1. The van der Waals surface area contributed by atoms with E-state index in [2.05, 4.69) is 19.1 Å². The Bertz CT molecular complexity index is 714. The van der Waals surface area contributed by atoms with Crippen LogP contribution in [0, 0.1) is 6.92 Å². The molecule has 1 amide bonds. The third-order valence-corrected chi connectivity index (χ3v) is 4.31. The highest BCUT2D eigenvalue weighted by Gasteiger charge is 2.22. The molecular weight excluding hydrogens is 300 g/mol. The largest absolute Gasteiger partial charge is 0.489 e. The molecule has 1 aliphatic rings. The third kappa shape index (κ3) is 4.15. The Balaban J connectivity index is 1.66. The number of amides is 1. The first-order chi connectivity index (χ1) is 11.6. The van der Waals surface area contributed by atoms with Gasteiger partial charge in [-0.05, 0) is 43.5 Å². The summed E-state index contributed by atoms with van der Waals surface area (Å²) in [5.74, 6) is 0.745. The number of aryl methyl sites for hydroxylation is 1. The molecule has 1 aliphatic heterocycles. The lowest BCUT2D eigenvalue weighted by Gasteiger charge is -2.30. The minimum atomic E-state index is 0.0335. The van der Waals surface area contributed by atoms with E-state index in [1.807, 2.05) is 41.3 Å². The number of likely N-dealkylation sites (tertiary alicyclic amines) is 1. The van der Waals surface area contributed by atoms with Crippen molar-refractivity contribution in [1.29, 1.82) is 0 Å². The monoisotopic (exact) mass is 324 g/mol. The molecule has 1 saturated heterocycles. The van der Waals surface area contributed by atoms with Crippen molar-refractivity contribution in [2.45, 2.75) is 32.4 Å². The van der Waals surface area contributed by atoms with Gasteiger partial charge in [0.25, 0.3) is 5.91 Å². The Hall–Kier alpha value is -2.33. The fraction of sp³-hybridized carbons (Fsp3) is 0.350. The van der Waals surface area contributed by atoms with E-state index < -0.39 is 0 Å². The van der Waals surface area contributed by atoms with E-state index in [0.717, 1.165) is 24.9 Å². The molecule has 1 atom stereocenters. The first-order valence-corrected chi connectivity index (χ1v) is 8.45. The van der Waals surface area contributed by atoms with Crippen LogP contribution in [0.25, 0.3) is 0 Å². The second kappa shape index (κ2) is 7.49. The van der Waals surface area contributed by atoms with Crippen molar-refractivity contribution < 1.29 is 9.53 Å². The number of benzene rings is 2. The van der Waals surface area contributed by atoms with E-state index in [0.29, 0.717) is 24.5 Å². The van der Waals surface area contributed by atoms with Crippen LogP contribution >= 0.6 is 0 Å².